The predicted molar refractivity (Wildman–Crippen MR) is 89.0 cm³/mol. The van der Waals surface area contributed by atoms with Crippen LogP contribution >= 0.6 is 0 Å². The number of benzene rings is 1. The molecule has 1 amide bonds. The summed E-state index contributed by atoms with van der Waals surface area (Å²) >= 11 is 0. The highest BCUT2D eigenvalue weighted by molar-refractivity contribution is 5.87. The smallest absolute Gasteiger partial charge is 0.312 e. The molecule has 1 aliphatic rings. The third-order valence-electron chi connectivity index (χ3n) is 3.96. The van der Waals surface area contributed by atoms with Crippen molar-refractivity contribution in [3.63, 3.8) is 0 Å². The number of aliphatic hydroxyl groups is 1. The van der Waals surface area contributed by atoms with E-state index in [9.17, 15) is 14.7 Å². The van der Waals surface area contributed by atoms with E-state index in [2.05, 4.69) is 0 Å². The van der Waals surface area contributed by atoms with Crippen LogP contribution < -0.4 is 0 Å². The number of morpholine rings is 1. The third-order valence-corrected chi connectivity index (χ3v) is 3.96. The molecule has 0 bridgehead atoms. The van der Waals surface area contributed by atoms with Gasteiger partial charge in [0.1, 0.15) is 6.10 Å². The van der Waals surface area contributed by atoms with E-state index in [0.29, 0.717) is 26.3 Å². The molecule has 1 unspecified atom stereocenters. The number of hydrogen-bond acceptors (Lipinski definition) is 5. The number of nitrogens with zero attached hydrogens (tertiary/aromatic N) is 1. The monoisotopic (exact) mass is 333 g/mol. The average Bonchev–Trinajstić information content (AvgIpc) is 2.65. The molecular weight excluding hydrogens is 310 g/mol. The third kappa shape index (κ3) is 4.91. The van der Waals surface area contributed by atoms with Crippen LogP contribution in [0.4, 0.5) is 0 Å². The van der Waals surface area contributed by atoms with Gasteiger partial charge in [0, 0.05) is 13.1 Å². The lowest BCUT2D eigenvalue weighted by Gasteiger charge is -2.30. The summed E-state index contributed by atoms with van der Waals surface area (Å²) in [5, 5.41) is 10.4. The van der Waals surface area contributed by atoms with Crippen molar-refractivity contribution in [3.05, 3.63) is 42.0 Å². The molecule has 1 fully saturated rings. The van der Waals surface area contributed by atoms with E-state index >= 15 is 0 Å². The van der Waals surface area contributed by atoms with Gasteiger partial charge in [0.25, 0.3) is 5.91 Å². The van der Waals surface area contributed by atoms with E-state index in [1.54, 1.807) is 6.08 Å². The second kappa shape index (κ2) is 9.20. The summed E-state index contributed by atoms with van der Waals surface area (Å²) in [5.74, 6) is -1.98. The maximum atomic E-state index is 12.4. The molecule has 1 aromatic carbocycles. The molecule has 130 valence electrons. The number of hydrogen-bond donors (Lipinski definition) is 1. The number of methoxy groups -OCH3 is 1. The van der Waals surface area contributed by atoms with Crippen LogP contribution in [0.3, 0.4) is 0 Å². The van der Waals surface area contributed by atoms with E-state index in [1.807, 2.05) is 36.4 Å². The number of carbonyl (C=O) groups is 2. The molecular formula is C18H23NO5. The molecule has 0 radical (unpaired) electrons. The maximum Gasteiger partial charge on any atom is 0.312 e. The fourth-order valence-electron chi connectivity index (χ4n) is 2.56. The van der Waals surface area contributed by atoms with Crippen molar-refractivity contribution in [2.45, 2.75) is 12.5 Å². The molecule has 2 rings (SSSR count). The standard InChI is InChI=1S/C18H23NO5/c1-23-18(22)15(9-5-8-14-6-3-2-4-7-14)16(20)17(21)19-10-12-24-13-11-19/h2-8,15-16,20H,9-13H2,1H3/t15?,16-/m0/s1. The molecule has 0 spiro atoms. The van der Waals surface area contributed by atoms with Gasteiger partial charge in [0.2, 0.25) is 0 Å². The lowest BCUT2D eigenvalue weighted by atomic mass is 9.96. The predicted octanol–water partition coefficient (Wildman–Crippen LogP) is 1.10. The zero-order valence-electron chi connectivity index (χ0n) is 13.8. The summed E-state index contributed by atoms with van der Waals surface area (Å²) < 4.78 is 9.94. The maximum absolute atomic E-state index is 12.4. The SMILES string of the molecule is COC(=O)C(CC=Cc1ccccc1)[C@H](O)C(=O)N1CCOCC1. The van der Waals surface area contributed by atoms with Crippen molar-refractivity contribution >= 4 is 18.0 Å². The van der Waals surface area contributed by atoms with Gasteiger partial charge in [-0.05, 0) is 12.0 Å². The Balaban J connectivity index is 2.02. The van der Waals surface area contributed by atoms with Crippen LogP contribution in [-0.2, 0) is 19.1 Å². The molecule has 0 aromatic heterocycles. The quantitative estimate of drug-likeness (QED) is 0.789. The number of rotatable bonds is 6. The van der Waals surface area contributed by atoms with Gasteiger partial charge < -0.3 is 19.5 Å². The fourth-order valence-corrected chi connectivity index (χ4v) is 2.56. The highest BCUT2D eigenvalue weighted by Gasteiger charge is 2.35. The van der Waals surface area contributed by atoms with Crippen LogP contribution in [0.2, 0.25) is 0 Å². The van der Waals surface area contributed by atoms with Gasteiger partial charge in [-0.3, -0.25) is 9.59 Å². The lowest BCUT2D eigenvalue weighted by Crippen LogP contribution is -2.49. The number of aliphatic hydroxyl groups excluding tert-OH is 1. The van der Waals surface area contributed by atoms with E-state index in [0.717, 1.165) is 5.56 Å². The summed E-state index contributed by atoms with van der Waals surface area (Å²) in [7, 11) is 1.25. The van der Waals surface area contributed by atoms with Gasteiger partial charge in [-0.1, -0.05) is 42.5 Å². The largest absolute Gasteiger partial charge is 0.469 e. The Kier molecular flexibility index (Phi) is 6.96. The summed E-state index contributed by atoms with van der Waals surface area (Å²) in [6.07, 6.45) is 2.42. The van der Waals surface area contributed by atoms with Crippen molar-refractivity contribution < 1.29 is 24.2 Å². The van der Waals surface area contributed by atoms with Crippen LogP contribution in [-0.4, -0.2) is 61.4 Å². The van der Waals surface area contributed by atoms with Gasteiger partial charge in [0.05, 0.1) is 26.2 Å². The fraction of sp³-hybridized carbons (Fsp3) is 0.444. The summed E-state index contributed by atoms with van der Waals surface area (Å²) in [6, 6.07) is 9.60. The van der Waals surface area contributed by atoms with Crippen molar-refractivity contribution in [2.75, 3.05) is 33.4 Å². The van der Waals surface area contributed by atoms with Crippen molar-refractivity contribution in [3.8, 4) is 0 Å². The minimum Gasteiger partial charge on any atom is -0.469 e. The average molecular weight is 333 g/mol. The molecule has 6 heteroatoms. The molecule has 1 N–H and O–H groups in total. The van der Waals surface area contributed by atoms with E-state index < -0.39 is 23.9 Å². The van der Waals surface area contributed by atoms with Gasteiger partial charge in [-0.25, -0.2) is 0 Å². The van der Waals surface area contributed by atoms with Crippen LogP contribution in [0.25, 0.3) is 6.08 Å². The minimum absolute atomic E-state index is 0.221. The Hall–Kier alpha value is -2.18. The second-order valence-electron chi connectivity index (χ2n) is 5.56. The Bertz CT molecular complexity index is 566. The first-order valence-corrected chi connectivity index (χ1v) is 7.97. The number of amides is 1. The molecule has 0 saturated carbocycles. The zero-order valence-corrected chi connectivity index (χ0v) is 13.8. The Morgan fingerprint density at radius 3 is 2.58 bits per heavy atom. The number of carbonyl (C=O) groups excluding carboxylic acids is 2. The number of allylic oxidation sites excluding steroid dienone is 1. The minimum atomic E-state index is -1.42. The van der Waals surface area contributed by atoms with E-state index in [1.165, 1.54) is 12.0 Å². The van der Waals surface area contributed by atoms with E-state index in [-0.39, 0.29) is 6.42 Å². The molecule has 1 aliphatic heterocycles. The van der Waals surface area contributed by atoms with Crippen LogP contribution in [0.5, 0.6) is 0 Å². The van der Waals surface area contributed by atoms with Crippen molar-refractivity contribution in [1.29, 1.82) is 0 Å². The highest BCUT2D eigenvalue weighted by atomic mass is 16.5. The summed E-state index contributed by atoms with van der Waals surface area (Å²) in [4.78, 5) is 25.9. The van der Waals surface area contributed by atoms with Crippen LogP contribution in [0, 0.1) is 5.92 Å². The normalized spacial score (nSPS) is 17.5. The first kappa shape index (κ1) is 18.2. The molecule has 1 aromatic rings. The zero-order chi connectivity index (χ0) is 17.4. The van der Waals surface area contributed by atoms with Crippen LogP contribution in [0.1, 0.15) is 12.0 Å². The molecule has 0 aliphatic carbocycles. The second-order valence-corrected chi connectivity index (χ2v) is 5.56. The van der Waals surface area contributed by atoms with Gasteiger partial charge in [-0.15, -0.1) is 0 Å². The molecule has 24 heavy (non-hydrogen) atoms. The van der Waals surface area contributed by atoms with Crippen molar-refractivity contribution in [2.24, 2.45) is 5.92 Å². The topological polar surface area (TPSA) is 76.1 Å². The Morgan fingerprint density at radius 1 is 1.29 bits per heavy atom. The van der Waals surface area contributed by atoms with Gasteiger partial charge >= 0.3 is 5.97 Å². The number of ether oxygens (including phenoxy) is 2. The lowest BCUT2D eigenvalue weighted by molar-refractivity contribution is -0.159. The van der Waals surface area contributed by atoms with Gasteiger partial charge in [-0.2, -0.15) is 0 Å². The molecule has 2 atom stereocenters. The molecule has 1 heterocycles. The highest BCUT2D eigenvalue weighted by Crippen LogP contribution is 2.17. The first-order valence-electron chi connectivity index (χ1n) is 7.97. The first-order chi connectivity index (χ1) is 11.6. The summed E-state index contributed by atoms with van der Waals surface area (Å²) in [6.45, 7) is 1.72. The van der Waals surface area contributed by atoms with Gasteiger partial charge in [0.15, 0.2) is 0 Å². The van der Waals surface area contributed by atoms with Crippen LogP contribution in [0.15, 0.2) is 36.4 Å². The summed E-state index contributed by atoms with van der Waals surface area (Å²) in [5.41, 5.74) is 0.982. The van der Waals surface area contributed by atoms with E-state index in [4.69, 9.17) is 9.47 Å². The number of esters is 1. The Morgan fingerprint density at radius 2 is 1.96 bits per heavy atom. The Labute approximate surface area is 141 Å². The molecule has 1 saturated heterocycles. The molecule has 6 nitrogen and oxygen atoms in total. The van der Waals surface area contributed by atoms with Crippen molar-refractivity contribution in [1.82, 2.24) is 4.90 Å².